The summed E-state index contributed by atoms with van der Waals surface area (Å²) in [6, 6.07) is 0.539. The zero-order valence-electron chi connectivity index (χ0n) is 12.0. The highest BCUT2D eigenvalue weighted by Crippen LogP contribution is 2.22. The summed E-state index contributed by atoms with van der Waals surface area (Å²) in [6.45, 7) is 12.1. The summed E-state index contributed by atoms with van der Waals surface area (Å²) in [5, 5.41) is 9.46. The molecule has 2 atom stereocenters. The van der Waals surface area contributed by atoms with E-state index < -0.39 is 0 Å². The minimum Gasteiger partial charge on any atom is -0.396 e. The Bertz CT molecular complexity index is 179. The first-order valence-electron chi connectivity index (χ1n) is 6.38. The van der Waals surface area contributed by atoms with Crippen LogP contribution >= 0.6 is 0 Å². The van der Waals surface area contributed by atoms with Crippen molar-refractivity contribution in [2.24, 2.45) is 5.41 Å². The van der Waals surface area contributed by atoms with Crippen LogP contribution in [-0.2, 0) is 0 Å². The van der Waals surface area contributed by atoms with Gasteiger partial charge in [0.25, 0.3) is 0 Å². The molecule has 0 fully saturated rings. The van der Waals surface area contributed by atoms with Gasteiger partial charge in [0.2, 0.25) is 0 Å². The third-order valence-corrected chi connectivity index (χ3v) is 3.48. The van der Waals surface area contributed by atoms with Gasteiger partial charge in [-0.3, -0.25) is 4.90 Å². The van der Waals surface area contributed by atoms with Gasteiger partial charge in [0.15, 0.2) is 0 Å². The Hall–Kier alpha value is -0.120. The van der Waals surface area contributed by atoms with Crippen LogP contribution in [0.5, 0.6) is 0 Å². The molecule has 1 N–H and O–H groups in total. The average Bonchev–Trinajstić information content (AvgIpc) is 2.24. The molecule has 0 spiro atoms. The van der Waals surface area contributed by atoms with E-state index in [1.54, 1.807) is 0 Å². The zero-order valence-corrected chi connectivity index (χ0v) is 12.0. The molecule has 0 amide bonds. The maximum absolute atomic E-state index is 9.46. The lowest BCUT2D eigenvalue weighted by molar-refractivity contribution is 0.0632. The third kappa shape index (κ3) is 5.28. The minimum atomic E-state index is 0.0383. The first-order valence-corrected chi connectivity index (χ1v) is 6.38. The SMILES string of the molecule is CCN(CC(C)(CC)CO)C(C)CN(C)C. The fourth-order valence-electron chi connectivity index (χ4n) is 1.99. The van der Waals surface area contributed by atoms with Crippen LogP contribution in [0.25, 0.3) is 0 Å². The molecule has 0 aromatic rings. The largest absolute Gasteiger partial charge is 0.396 e. The summed E-state index contributed by atoms with van der Waals surface area (Å²) >= 11 is 0. The number of rotatable bonds is 8. The molecule has 0 aromatic heterocycles. The second-order valence-corrected chi connectivity index (χ2v) is 5.50. The molecule has 0 aliphatic heterocycles. The summed E-state index contributed by atoms with van der Waals surface area (Å²) < 4.78 is 0. The Kier molecular flexibility index (Phi) is 7.20. The summed E-state index contributed by atoms with van der Waals surface area (Å²) in [6.07, 6.45) is 1.02. The summed E-state index contributed by atoms with van der Waals surface area (Å²) in [7, 11) is 4.21. The van der Waals surface area contributed by atoms with Crippen molar-refractivity contribution in [3.8, 4) is 0 Å². The van der Waals surface area contributed by atoms with E-state index in [0.29, 0.717) is 6.04 Å². The molecule has 0 rings (SSSR count). The standard InChI is InChI=1S/C13H30N2O/c1-7-13(4,11-16)10-15(8-2)12(3)9-14(5)6/h12,16H,7-11H2,1-6H3. The highest BCUT2D eigenvalue weighted by atomic mass is 16.3. The lowest BCUT2D eigenvalue weighted by Gasteiger charge is -2.37. The van der Waals surface area contributed by atoms with Crippen molar-refractivity contribution in [3.05, 3.63) is 0 Å². The zero-order chi connectivity index (χ0) is 12.8. The molecule has 0 saturated carbocycles. The van der Waals surface area contributed by atoms with Crippen LogP contribution < -0.4 is 0 Å². The van der Waals surface area contributed by atoms with E-state index in [0.717, 1.165) is 26.1 Å². The molecule has 16 heavy (non-hydrogen) atoms. The van der Waals surface area contributed by atoms with E-state index >= 15 is 0 Å². The van der Waals surface area contributed by atoms with E-state index in [1.807, 2.05) is 0 Å². The summed E-state index contributed by atoms with van der Waals surface area (Å²) in [5.41, 5.74) is 0.0383. The van der Waals surface area contributed by atoms with Gasteiger partial charge in [-0.2, -0.15) is 0 Å². The van der Waals surface area contributed by atoms with Gasteiger partial charge in [-0.1, -0.05) is 20.8 Å². The van der Waals surface area contributed by atoms with E-state index in [1.165, 1.54) is 0 Å². The van der Waals surface area contributed by atoms with Gasteiger partial charge in [-0.25, -0.2) is 0 Å². The van der Waals surface area contributed by atoms with E-state index in [-0.39, 0.29) is 12.0 Å². The van der Waals surface area contributed by atoms with Gasteiger partial charge in [0.1, 0.15) is 0 Å². The van der Waals surface area contributed by atoms with Crippen LogP contribution in [0.15, 0.2) is 0 Å². The number of aliphatic hydroxyl groups excluding tert-OH is 1. The fraction of sp³-hybridized carbons (Fsp3) is 1.00. The van der Waals surface area contributed by atoms with Crippen LogP contribution in [-0.4, -0.2) is 61.3 Å². The monoisotopic (exact) mass is 230 g/mol. The van der Waals surface area contributed by atoms with Crippen molar-refractivity contribution >= 4 is 0 Å². The predicted octanol–water partition coefficient (Wildman–Crippen LogP) is 1.67. The number of likely N-dealkylation sites (N-methyl/N-ethyl adjacent to an activating group) is 2. The Morgan fingerprint density at radius 1 is 1.25 bits per heavy atom. The van der Waals surface area contributed by atoms with E-state index in [9.17, 15) is 5.11 Å². The first-order chi connectivity index (χ1) is 7.38. The molecular weight excluding hydrogens is 200 g/mol. The normalized spacial score (nSPS) is 17.8. The molecule has 0 aromatic carbocycles. The molecule has 0 radical (unpaired) electrons. The van der Waals surface area contributed by atoms with Crippen LogP contribution in [0, 0.1) is 5.41 Å². The Balaban J connectivity index is 4.38. The van der Waals surface area contributed by atoms with Crippen LogP contribution in [0.4, 0.5) is 0 Å². The second-order valence-electron chi connectivity index (χ2n) is 5.50. The van der Waals surface area contributed by atoms with E-state index in [4.69, 9.17) is 0 Å². The van der Waals surface area contributed by atoms with Gasteiger partial charge in [0, 0.05) is 31.2 Å². The lowest BCUT2D eigenvalue weighted by atomic mass is 9.87. The van der Waals surface area contributed by atoms with Crippen molar-refractivity contribution in [1.82, 2.24) is 9.80 Å². The first kappa shape index (κ1) is 15.9. The molecule has 0 heterocycles. The fourth-order valence-corrected chi connectivity index (χ4v) is 1.99. The molecule has 3 heteroatoms. The van der Waals surface area contributed by atoms with E-state index in [2.05, 4.69) is 51.6 Å². The molecule has 3 nitrogen and oxygen atoms in total. The highest BCUT2D eigenvalue weighted by Gasteiger charge is 2.26. The van der Waals surface area contributed by atoms with Crippen molar-refractivity contribution in [2.75, 3.05) is 40.3 Å². The Labute approximate surface area is 101 Å². The van der Waals surface area contributed by atoms with Crippen LogP contribution in [0.2, 0.25) is 0 Å². The molecule has 0 aliphatic carbocycles. The quantitative estimate of drug-likeness (QED) is 0.687. The van der Waals surface area contributed by atoms with Gasteiger partial charge < -0.3 is 10.0 Å². The third-order valence-electron chi connectivity index (χ3n) is 3.48. The molecule has 0 aliphatic rings. The average molecular weight is 230 g/mol. The van der Waals surface area contributed by atoms with Crippen molar-refractivity contribution in [3.63, 3.8) is 0 Å². The van der Waals surface area contributed by atoms with Gasteiger partial charge in [0.05, 0.1) is 0 Å². The maximum Gasteiger partial charge on any atom is 0.0496 e. The van der Waals surface area contributed by atoms with Crippen molar-refractivity contribution < 1.29 is 5.11 Å². The summed E-state index contributed by atoms with van der Waals surface area (Å²) in [4.78, 5) is 4.68. The maximum atomic E-state index is 9.46. The molecule has 2 unspecified atom stereocenters. The summed E-state index contributed by atoms with van der Waals surface area (Å²) in [5.74, 6) is 0. The van der Waals surface area contributed by atoms with Crippen LogP contribution in [0.1, 0.15) is 34.1 Å². The molecular formula is C13H30N2O. The highest BCUT2D eigenvalue weighted by molar-refractivity contribution is 4.79. The predicted molar refractivity (Wildman–Crippen MR) is 70.7 cm³/mol. The number of hydrogen-bond donors (Lipinski definition) is 1. The van der Waals surface area contributed by atoms with Crippen LogP contribution in [0.3, 0.4) is 0 Å². The number of hydrogen-bond acceptors (Lipinski definition) is 3. The van der Waals surface area contributed by atoms with Crippen molar-refractivity contribution in [1.29, 1.82) is 0 Å². The van der Waals surface area contributed by atoms with Gasteiger partial charge in [-0.05, 0) is 34.0 Å². The van der Waals surface area contributed by atoms with Crippen molar-refractivity contribution in [2.45, 2.75) is 40.2 Å². The minimum absolute atomic E-state index is 0.0383. The van der Waals surface area contributed by atoms with Gasteiger partial charge >= 0.3 is 0 Å². The Morgan fingerprint density at radius 2 is 1.81 bits per heavy atom. The molecule has 0 saturated heterocycles. The lowest BCUT2D eigenvalue weighted by Crippen LogP contribution is -2.46. The van der Waals surface area contributed by atoms with Gasteiger partial charge in [-0.15, -0.1) is 0 Å². The molecule has 98 valence electrons. The second kappa shape index (κ2) is 7.25. The smallest absolute Gasteiger partial charge is 0.0496 e. The molecule has 0 bridgehead atoms. The number of aliphatic hydroxyl groups is 1. The topological polar surface area (TPSA) is 26.7 Å². The number of nitrogens with zero attached hydrogens (tertiary/aromatic N) is 2. The Morgan fingerprint density at radius 3 is 2.12 bits per heavy atom.